The quantitative estimate of drug-likeness (QED) is 0.0406. The lowest BCUT2D eigenvalue weighted by atomic mass is 10.0. The molecule has 0 radical (unpaired) electrons. The molecule has 0 unspecified atom stereocenters. The SMILES string of the molecule is CCO[Si](C)(CCCCCCNCN)OCC.CO[Si](C)(CCCCCCCCCCCCCCCCCN)OC. The van der Waals surface area contributed by atoms with Crippen LogP contribution in [0.3, 0.4) is 0 Å². The van der Waals surface area contributed by atoms with Crippen molar-refractivity contribution >= 4 is 17.1 Å². The second kappa shape index (κ2) is 33.1. The first-order valence-corrected chi connectivity index (χ1v) is 22.4. The molecule has 41 heavy (non-hydrogen) atoms. The fourth-order valence-corrected chi connectivity index (χ4v) is 9.08. The molecule has 0 spiro atoms. The van der Waals surface area contributed by atoms with Gasteiger partial charge in [-0.1, -0.05) is 109 Å². The summed E-state index contributed by atoms with van der Waals surface area (Å²) >= 11 is 0. The largest absolute Gasteiger partial charge is 0.398 e. The Kier molecular flexibility index (Phi) is 34.9. The van der Waals surface area contributed by atoms with Gasteiger partial charge in [0.1, 0.15) is 0 Å². The summed E-state index contributed by atoms with van der Waals surface area (Å²) in [5, 5.41) is 3.13. The molecular weight excluding hydrogens is 547 g/mol. The molecule has 0 amide bonds. The smallest absolute Gasteiger partial charge is 0.334 e. The van der Waals surface area contributed by atoms with Crippen molar-refractivity contribution in [2.75, 3.05) is 47.2 Å². The number of nitrogens with two attached hydrogens (primary N) is 2. The Balaban J connectivity index is 0. The molecule has 7 nitrogen and oxygen atoms in total. The zero-order chi connectivity index (χ0) is 30.9. The van der Waals surface area contributed by atoms with Crippen molar-refractivity contribution in [3.63, 3.8) is 0 Å². The monoisotopic (exact) mass is 622 g/mol. The predicted octanol–water partition coefficient (Wildman–Crippen LogP) is 8.36. The summed E-state index contributed by atoms with van der Waals surface area (Å²) in [6.45, 7) is 12.4. The first kappa shape index (κ1) is 43.3. The van der Waals surface area contributed by atoms with Gasteiger partial charge in [0.25, 0.3) is 0 Å². The van der Waals surface area contributed by atoms with E-state index in [1.807, 2.05) is 13.8 Å². The highest BCUT2D eigenvalue weighted by Crippen LogP contribution is 2.19. The summed E-state index contributed by atoms with van der Waals surface area (Å²) in [5.41, 5.74) is 10.9. The van der Waals surface area contributed by atoms with Crippen LogP contribution in [0.2, 0.25) is 25.2 Å². The van der Waals surface area contributed by atoms with E-state index in [9.17, 15) is 0 Å². The van der Waals surface area contributed by atoms with E-state index in [0.29, 0.717) is 6.67 Å². The minimum absolute atomic E-state index is 0.583. The van der Waals surface area contributed by atoms with Crippen LogP contribution in [-0.4, -0.2) is 64.3 Å². The Hall–Kier alpha value is 0.154. The molecule has 0 aromatic rings. The van der Waals surface area contributed by atoms with Crippen molar-refractivity contribution in [3.05, 3.63) is 0 Å². The van der Waals surface area contributed by atoms with Crippen molar-refractivity contribution < 1.29 is 17.7 Å². The number of unbranched alkanes of at least 4 members (excludes halogenated alkanes) is 17. The van der Waals surface area contributed by atoms with Crippen molar-refractivity contribution in [3.8, 4) is 0 Å². The lowest BCUT2D eigenvalue weighted by molar-refractivity contribution is 0.188. The zero-order valence-electron chi connectivity index (χ0n) is 28.7. The van der Waals surface area contributed by atoms with Crippen LogP contribution in [0, 0.1) is 0 Å². The van der Waals surface area contributed by atoms with Gasteiger partial charge in [0, 0.05) is 34.1 Å². The van der Waals surface area contributed by atoms with Crippen molar-refractivity contribution in [1.29, 1.82) is 0 Å². The van der Waals surface area contributed by atoms with E-state index < -0.39 is 17.1 Å². The maximum absolute atomic E-state index is 5.80. The summed E-state index contributed by atoms with van der Waals surface area (Å²) < 4.78 is 22.7. The lowest BCUT2D eigenvalue weighted by Gasteiger charge is -2.25. The summed E-state index contributed by atoms with van der Waals surface area (Å²) in [4.78, 5) is 0. The van der Waals surface area contributed by atoms with Gasteiger partial charge in [-0.3, -0.25) is 0 Å². The summed E-state index contributed by atoms with van der Waals surface area (Å²) in [5.74, 6) is 0. The average Bonchev–Trinajstić information content (AvgIpc) is 2.97. The van der Waals surface area contributed by atoms with Gasteiger partial charge in [-0.05, 0) is 65.0 Å². The topological polar surface area (TPSA) is 101 Å². The van der Waals surface area contributed by atoms with Crippen LogP contribution in [0.4, 0.5) is 0 Å². The molecule has 0 aliphatic rings. The zero-order valence-corrected chi connectivity index (χ0v) is 30.7. The molecule has 5 N–H and O–H groups in total. The van der Waals surface area contributed by atoms with Crippen LogP contribution in [0.25, 0.3) is 0 Å². The van der Waals surface area contributed by atoms with Crippen molar-refractivity contribution in [2.45, 2.75) is 161 Å². The van der Waals surface area contributed by atoms with Crippen LogP contribution in [-0.2, 0) is 17.7 Å². The van der Waals surface area contributed by atoms with E-state index in [1.54, 1.807) is 14.2 Å². The summed E-state index contributed by atoms with van der Waals surface area (Å²) in [6.07, 6.45) is 25.7. The van der Waals surface area contributed by atoms with Gasteiger partial charge in [0.05, 0.1) is 0 Å². The Bertz CT molecular complexity index is 498. The number of hydrogen-bond acceptors (Lipinski definition) is 7. The maximum atomic E-state index is 5.80. The van der Waals surface area contributed by atoms with Gasteiger partial charge < -0.3 is 34.5 Å². The Morgan fingerprint density at radius 2 is 0.829 bits per heavy atom. The molecular formula is C32H75N3O4Si2. The Morgan fingerprint density at radius 1 is 0.488 bits per heavy atom. The van der Waals surface area contributed by atoms with E-state index in [-0.39, 0.29) is 0 Å². The molecule has 0 atom stereocenters. The molecule has 0 rings (SSSR count). The van der Waals surface area contributed by atoms with Crippen LogP contribution in [0.1, 0.15) is 136 Å². The van der Waals surface area contributed by atoms with Crippen molar-refractivity contribution in [2.24, 2.45) is 11.5 Å². The van der Waals surface area contributed by atoms with Gasteiger partial charge in [-0.15, -0.1) is 0 Å². The summed E-state index contributed by atoms with van der Waals surface area (Å²) in [6, 6.07) is 2.24. The second-order valence-electron chi connectivity index (χ2n) is 11.8. The second-order valence-corrected chi connectivity index (χ2v) is 18.7. The molecule has 250 valence electrons. The molecule has 0 aliphatic heterocycles. The van der Waals surface area contributed by atoms with Crippen LogP contribution >= 0.6 is 0 Å². The number of nitrogens with one attached hydrogen (secondary N) is 1. The van der Waals surface area contributed by atoms with Crippen LogP contribution < -0.4 is 16.8 Å². The number of rotatable bonds is 31. The van der Waals surface area contributed by atoms with E-state index in [2.05, 4.69) is 18.4 Å². The average molecular weight is 622 g/mol. The van der Waals surface area contributed by atoms with E-state index >= 15 is 0 Å². The Morgan fingerprint density at radius 3 is 1.17 bits per heavy atom. The first-order chi connectivity index (χ1) is 19.9. The molecule has 0 bridgehead atoms. The molecule has 0 aromatic carbocycles. The fourth-order valence-electron chi connectivity index (χ4n) is 5.12. The van der Waals surface area contributed by atoms with Gasteiger partial charge in [0.15, 0.2) is 0 Å². The fraction of sp³-hybridized carbons (Fsp3) is 1.00. The highest BCUT2D eigenvalue weighted by molar-refractivity contribution is 6.66. The van der Waals surface area contributed by atoms with Gasteiger partial charge in [-0.25, -0.2) is 0 Å². The predicted molar refractivity (Wildman–Crippen MR) is 184 cm³/mol. The minimum Gasteiger partial charge on any atom is -0.398 e. The summed E-state index contributed by atoms with van der Waals surface area (Å²) in [7, 11) is -0.0918. The third kappa shape index (κ3) is 31.4. The van der Waals surface area contributed by atoms with Crippen LogP contribution in [0.15, 0.2) is 0 Å². The molecule has 0 saturated carbocycles. The van der Waals surface area contributed by atoms with E-state index in [0.717, 1.165) is 38.4 Å². The first-order valence-electron chi connectivity index (χ1n) is 17.4. The van der Waals surface area contributed by atoms with Crippen LogP contribution in [0.5, 0.6) is 0 Å². The van der Waals surface area contributed by atoms with Gasteiger partial charge in [-0.2, -0.15) is 0 Å². The van der Waals surface area contributed by atoms with E-state index in [1.165, 1.54) is 122 Å². The molecule has 0 aromatic heterocycles. The highest BCUT2D eigenvalue weighted by atomic mass is 28.4. The molecule has 0 saturated heterocycles. The van der Waals surface area contributed by atoms with E-state index in [4.69, 9.17) is 29.2 Å². The molecule has 0 heterocycles. The highest BCUT2D eigenvalue weighted by Gasteiger charge is 2.29. The molecule has 0 fully saturated rings. The number of hydrogen-bond donors (Lipinski definition) is 3. The van der Waals surface area contributed by atoms with Gasteiger partial charge in [0.2, 0.25) is 0 Å². The third-order valence-corrected chi connectivity index (χ3v) is 14.0. The standard InChI is InChI=1S/C20H45NO2Si.C12H30N2O2Si/c1-22-24(3,23-2)20-18-16-14-12-10-8-6-4-5-7-9-11-13-15-17-19-21;1-4-15-17(3,16-5-2)11-9-7-6-8-10-14-12-13/h4-21H2,1-3H3;14H,4-13H2,1-3H3. The molecule has 0 aliphatic carbocycles. The minimum atomic E-state index is -1.86. The Labute approximate surface area is 259 Å². The lowest BCUT2D eigenvalue weighted by Crippen LogP contribution is -2.38. The molecule has 9 heteroatoms. The normalized spacial score (nSPS) is 12.0. The maximum Gasteiger partial charge on any atom is 0.334 e. The van der Waals surface area contributed by atoms with Gasteiger partial charge >= 0.3 is 17.1 Å². The third-order valence-electron chi connectivity index (χ3n) is 7.98. The van der Waals surface area contributed by atoms with Crippen molar-refractivity contribution in [1.82, 2.24) is 5.32 Å².